The van der Waals surface area contributed by atoms with Crippen LogP contribution in [0.3, 0.4) is 0 Å². The molecule has 4 heteroatoms. The van der Waals surface area contributed by atoms with Crippen molar-refractivity contribution >= 4 is 27.4 Å². The highest BCUT2D eigenvalue weighted by Crippen LogP contribution is 2.36. The minimum atomic E-state index is -0.294. The summed E-state index contributed by atoms with van der Waals surface area (Å²) < 4.78 is 6.16. The maximum atomic E-state index is 11.8. The van der Waals surface area contributed by atoms with E-state index in [1.807, 2.05) is 25.1 Å². The topological polar surface area (TPSA) is 46.5 Å². The summed E-state index contributed by atoms with van der Waals surface area (Å²) in [7, 11) is 0. The second-order valence-electron chi connectivity index (χ2n) is 5.08. The third kappa shape index (κ3) is 2.70. The third-order valence-corrected chi connectivity index (χ3v) is 4.65. The fraction of sp³-hybridized carbons (Fsp3) is 0.167. The van der Waals surface area contributed by atoms with E-state index in [2.05, 4.69) is 6.07 Å². The lowest BCUT2D eigenvalue weighted by molar-refractivity contribution is 0.0526. The summed E-state index contributed by atoms with van der Waals surface area (Å²) in [5, 5.41) is 10.6. The van der Waals surface area contributed by atoms with Crippen LogP contribution in [0.5, 0.6) is 5.75 Å². The Morgan fingerprint density at radius 1 is 1.18 bits per heavy atom. The van der Waals surface area contributed by atoms with Gasteiger partial charge >= 0.3 is 5.97 Å². The molecule has 1 aromatic heterocycles. The van der Waals surface area contributed by atoms with Gasteiger partial charge in [-0.05, 0) is 72.8 Å². The van der Waals surface area contributed by atoms with Crippen molar-refractivity contribution in [2.75, 3.05) is 6.61 Å². The van der Waals surface area contributed by atoms with E-state index in [1.165, 1.54) is 0 Å². The second kappa shape index (κ2) is 5.81. The van der Waals surface area contributed by atoms with Gasteiger partial charge in [-0.2, -0.15) is 0 Å². The molecule has 0 fully saturated rings. The van der Waals surface area contributed by atoms with Gasteiger partial charge in [0, 0.05) is 9.58 Å². The number of phenolic OH excluding ortho intramolecular Hbond substituents is 1. The van der Waals surface area contributed by atoms with Gasteiger partial charge in [0.25, 0.3) is 0 Å². The number of hydrogen-bond acceptors (Lipinski definition) is 4. The first kappa shape index (κ1) is 14.6. The summed E-state index contributed by atoms with van der Waals surface area (Å²) in [5.74, 6) is -0.0232. The number of hydrogen-bond donors (Lipinski definition) is 1. The van der Waals surface area contributed by atoms with Crippen molar-refractivity contribution in [3.05, 3.63) is 53.6 Å². The summed E-state index contributed by atoms with van der Waals surface area (Å²) in [6.45, 7) is 4.15. The van der Waals surface area contributed by atoms with E-state index in [4.69, 9.17) is 4.74 Å². The van der Waals surface area contributed by atoms with Crippen LogP contribution in [0, 0.1) is 6.92 Å². The molecule has 0 saturated heterocycles. The smallest absolute Gasteiger partial charge is 0.338 e. The van der Waals surface area contributed by atoms with E-state index in [-0.39, 0.29) is 11.7 Å². The van der Waals surface area contributed by atoms with Crippen molar-refractivity contribution in [1.29, 1.82) is 0 Å². The number of rotatable bonds is 3. The van der Waals surface area contributed by atoms with E-state index in [1.54, 1.807) is 36.5 Å². The van der Waals surface area contributed by atoms with Crippen LogP contribution in [0.1, 0.15) is 22.8 Å². The average Bonchev–Trinajstić information content (AvgIpc) is 2.89. The standard InChI is InChI=1S/C18H16O3S/c1-3-21-18(20)12-4-7-16-13(9-12)10-17(22-16)15-6-5-14(19)8-11(15)2/h4-10,19H,3H2,1-2H3. The van der Waals surface area contributed by atoms with E-state index < -0.39 is 0 Å². The molecule has 0 aliphatic carbocycles. The van der Waals surface area contributed by atoms with Crippen LogP contribution >= 0.6 is 11.3 Å². The highest BCUT2D eigenvalue weighted by molar-refractivity contribution is 7.22. The number of phenols is 1. The number of carbonyl (C=O) groups excluding carboxylic acids is 1. The SMILES string of the molecule is CCOC(=O)c1ccc2sc(-c3ccc(O)cc3C)cc2c1. The first-order chi connectivity index (χ1) is 10.6. The predicted molar refractivity (Wildman–Crippen MR) is 89.6 cm³/mol. The summed E-state index contributed by atoms with van der Waals surface area (Å²) in [6, 6.07) is 13.0. The zero-order chi connectivity index (χ0) is 15.7. The van der Waals surface area contributed by atoms with Crippen LogP contribution in [0.25, 0.3) is 20.5 Å². The summed E-state index contributed by atoms with van der Waals surface area (Å²) in [4.78, 5) is 12.9. The molecule has 0 atom stereocenters. The van der Waals surface area contributed by atoms with Crippen molar-refractivity contribution in [3.8, 4) is 16.2 Å². The lowest BCUT2D eigenvalue weighted by Crippen LogP contribution is -2.03. The molecule has 0 radical (unpaired) electrons. The van der Waals surface area contributed by atoms with Gasteiger partial charge in [0.05, 0.1) is 12.2 Å². The molecule has 3 aromatic rings. The van der Waals surface area contributed by atoms with Crippen LogP contribution in [-0.2, 0) is 4.74 Å². The number of esters is 1. The average molecular weight is 312 g/mol. The molecule has 0 unspecified atom stereocenters. The van der Waals surface area contributed by atoms with E-state index >= 15 is 0 Å². The van der Waals surface area contributed by atoms with E-state index in [0.717, 1.165) is 26.1 Å². The number of ether oxygens (including phenoxy) is 1. The van der Waals surface area contributed by atoms with E-state index in [0.29, 0.717) is 12.2 Å². The van der Waals surface area contributed by atoms with Crippen LogP contribution in [0.2, 0.25) is 0 Å². The third-order valence-electron chi connectivity index (χ3n) is 3.50. The molecular formula is C18H16O3S. The highest BCUT2D eigenvalue weighted by atomic mass is 32.1. The largest absolute Gasteiger partial charge is 0.508 e. The van der Waals surface area contributed by atoms with Gasteiger partial charge in [-0.1, -0.05) is 0 Å². The summed E-state index contributed by atoms with van der Waals surface area (Å²) in [6.07, 6.45) is 0. The molecular weight excluding hydrogens is 296 g/mol. The number of aromatic hydroxyl groups is 1. The van der Waals surface area contributed by atoms with Crippen LogP contribution in [-0.4, -0.2) is 17.7 Å². The summed E-state index contributed by atoms with van der Waals surface area (Å²) >= 11 is 1.67. The second-order valence-corrected chi connectivity index (χ2v) is 6.17. The Balaban J connectivity index is 2.04. The monoisotopic (exact) mass is 312 g/mol. The Kier molecular flexibility index (Phi) is 3.86. The van der Waals surface area contributed by atoms with Crippen molar-refractivity contribution < 1.29 is 14.6 Å². The molecule has 0 amide bonds. The normalized spacial score (nSPS) is 10.8. The van der Waals surface area contributed by atoms with Crippen molar-refractivity contribution in [2.24, 2.45) is 0 Å². The molecule has 0 aliphatic rings. The molecule has 112 valence electrons. The minimum absolute atomic E-state index is 0.270. The fourth-order valence-electron chi connectivity index (χ4n) is 2.44. The van der Waals surface area contributed by atoms with Gasteiger partial charge in [0.15, 0.2) is 0 Å². The lowest BCUT2D eigenvalue weighted by Gasteiger charge is -2.02. The Morgan fingerprint density at radius 3 is 2.73 bits per heavy atom. The van der Waals surface area contributed by atoms with Gasteiger partial charge in [-0.3, -0.25) is 0 Å². The van der Waals surface area contributed by atoms with Crippen LogP contribution < -0.4 is 0 Å². The minimum Gasteiger partial charge on any atom is -0.508 e. The maximum absolute atomic E-state index is 11.8. The molecule has 0 saturated carbocycles. The molecule has 1 N–H and O–H groups in total. The Bertz CT molecular complexity index is 849. The van der Waals surface area contributed by atoms with Gasteiger partial charge in [0.2, 0.25) is 0 Å². The zero-order valence-corrected chi connectivity index (χ0v) is 13.2. The first-order valence-electron chi connectivity index (χ1n) is 7.09. The summed E-state index contributed by atoms with van der Waals surface area (Å²) in [5.41, 5.74) is 2.69. The van der Waals surface area contributed by atoms with Crippen molar-refractivity contribution in [1.82, 2.24) is 0 Å². The van der Waals surface area contributed by atoms with Gasteiger partial charge < -0.3 is 9.84 Å². The predicted octanol–water partition coefficient (Wildman–Crippen LogP) is 4.76. The fourth-order valence-corrected chi connectivity index (χ4v) is 3.58. The van der Waals surface area contributed by atoms with Crippen LogP contribution in [0.15, 0.2) is 42.5 Å². The molecule has 2 aromatic carbocycles. The van der Waals surface area contributed by atoms with Gasteiger partial charge in [0.1, 0.15) is 5.75 Å². The van der Waals surface area contributed by atoms with Crippen molar-refractivity contribution in [3.63, 3.8) is 0 Å². The number of thiophene rings is 1. The molecule has 1 heterocycles. The Morgan fingerprint density at radius 2 is 2.00 bits per heavy atom. The Labute approximate surface area is 132 Å². The number of carbonyl (C=O) groups is 1. The van der Waals surface area contributed by atoms with Crippen LogP contribution in [0.4, 0.5) is 0 Å². The van der Waals surface area contributed by atoms with Gasteiger partial charge in [-0.25, -0.2) is 4.79 Å². The highest BCUT2D eigenvalue weighted by Gasteiger charge is 2.11. The molecule has 3 rings (SSSR count). The quantitative estimate of drug-likeness (QED) is 0.709. The number of fused-ring (bicyclic) bond motifs is 1. The van der Waals surface area contributed by atoms with Gasteiger partial charge in [-0.15, -0.1) is 11.3 Å². The molecule has 22 heavy (non-hydrogen) atoms. The Hall–Kier alpha value is -2.33. The zero-order valence-electron chi connectivity index (χ0n) is 12.4. The number of aryl methyl sites for hydroxylation is 1. The lowest BCUT2D eigenvalue weighted by atomic mass is 10.1. The molecule has 0 spiro atoms. The van der Waals surface area contributed by atoms with E-state index in [9.17, 15) is 9.90 Å². The number of benzene rings is 2. The maximum Gasteiger partial charge on any atom is 0.338 e. The molecule has 3 nitrogen and oxygen atoms in total. The van der Waals surface area contributed by atoms with Crippen molar-refractivity contribution in [2.45, 2.75) is 13.8 Å². The molecule has 0 aliphatic heterocycles. The molecule has 0 bridgehead atoms. The first-order valence-corrected chi connectivity index (χ1v) is 7.91.